The summed E-state index contributed by atoms with van der Waals surface area (Å²) < 4.78 is 5.51. The first-order valence-electron chi connectivity index (χ1n) is 8.12. The fourth-order valence-electron chi connectivity index (χ4n) is 5.30. The topological polar surface area (TPSA) is 12.5 Å². The van der Waals surface area contributed by atoms with E-state index in [0.29, 0.717) is 5.41 Å². The van der Waals surface area contributed by atoms with Crippen LogP contribution in [0.1, 0.15) is 43.2 Å². The molecule has 1 aliphatic heterocycles. The molecule has 3 atom stereocenters. The van der Waals surface area contributed by atoms with E-state index in [1.807, 2.05) is 0 Å². The third kappa shape index (κ3) is 2.65. The van der Waals surface area contributed by atoms with Gasteiger partial charge >= 0.3 is 29.6 Å². The van der Waals surface area contributed by atoms with E-state index in [4.69, 9.17) is 4.74 Å². The van der Waals surface area contributed by atoms with Crippen LogP contribution in [0.15, 0.2) is 18.2 Å². The van der Waals surface area contributed by atoms with E-state index < -0.39 is 0 Å². The summed E-state index contributed by atoms with van der Waals surface area (Å²) in [5, 5.41) is 0. The van der Waals surface area contributed by atoms with Crippen LogP contribution in [0.5, 0.6) is 5.75 Å². The molecular formula is C18H25ClNNaO. The Bertz CT molecular complexity index is 538. The molecule has 0 spiro atoms. The van der Waals surface area contributed by atoms with Crippen LogP contribution < -0.4 is 46.7 Å². The van der Waals surface area contributed by atoms with Gasteiger partial charge in [0.25, 0.3) is 0 Å². The van der Waals surface area contributed by atoms with Crippen molar-refractivity contribution in [2.24, 2.45) is 5.92 Å². The van der Waals surface area contributed by atoms with Gasteiger partial charge in [-0.1, -0.05) is 18.9 Å². The summed E-state index contributed by atoms with van der Waals surface area (Å²) in [6.45, 7) is 1.26. The number of likely N-dealkylation sites (N-methyl/N-ethyl adjacent to an activating group) is 1. The normalized spacial score (nSPS) is 32.8. The molecule has 2 bridgehead atoms. The van der Waals surface area contributed by atoms with E-state index >= 15 is 0 Å². The standard InChI is InChI=1S/C18H25NO.ClH.Na/c1-19-10-9-18-8-4-3-5-15(18)17(19)11-13-6-7-14(20-2)12-16(13)18;;/h6-7,12,15,17H,3-5,8-11H2,1-2H3;1H;/q;;+1/p-1/t15-,17+,18+;;/m1../s1. The molecule has 0 aromatic heterocycles. The maximum Gasteiger partial charge on any atom is 1.00 e. The predicted octanol–water partition coefficient (Wildman–Crippen LogP) is -2.61. The largest absolute Gasteiger partial charge is 1.00 e. The van der Waals surface area contributed by atoms with Crippen molar-refractivity contribution < 1.29 is 46.7 Å². The van der Waals surface area contributed by atoms with E-state index in [1.54, 1.807) is 18.2 Å². The van der Waals surface area contributed by atoms with Crippen molar-refractivity contribution in [3.63, 3.8) is 0 Å². The molecule has 2 fully saturated rings. The van der Waals surface area contributed by atoms with E-state index in [0.717, 1.165) is 17.7 Å². The summed E-state index contributed by atoms with van der Waals surface area (Å²) in [6, 6.07) is 7.60. The molecule has 4 heteroatoms. The number of fused-ring (bicyclic) bond motifs is 1. The molecule has 1 heterocycles. The van der Waals surface area contributed by atoms with Crippen LogP contribution in [0, 0.1) is 5.92 Å². The Kier molecular flexibility index (Phi) is 5.94. The van der Waals surface area contributed by atoms with Crippen LogP contribution in [0.3, 0.4) is 0 Å². The molecular weight excluding hydrogens is 305 g/mol. The number of piperidine rings is 1. The second-order valence-electron chi connectivity index (χ2n) is 7.03. The third-order valence-electron chi connectivity index (χ3n) is 6.32. The Hall–Kier alpha value is 0.270. The Labute approximate surface area is 162 Å². The van der Waals surface area contributed by atoms with E-state index in [1.165, 1.54) is 45.1 Å². The summed E-state index contributed by atoms with van der Waals surface area (Å²) in [7, 11) is 4.12. The summed E-state index contributed by atoms with van der Waals surface area (Å²) >= 11 is 0. The number of benzene rings is 1. The quantitative estimate of drug-likeness (QED) is 0.524. The van der Waals surface area contributed by atoms with Crippen molar-refractivity contribution in [2.45, 2.75) is 50.0 Å². The van der Waals surface area contributed by atoms with Gasteiger partial charge in [0.15, 0.2) is 0 Å². The number of likely N-dealkylation sites (tertiary alicyclic amines) is 1. The number of rotatable bonds is 1. The van der Waals surface area contributed by atoms with Crippen LogP contribution in [0.4, 0.5) is 0 Å². The molecule has 3 aliphatic rings. The molecule has 0 amide bonds. The van der Waals surface area contributed by atoms with Crippen LogP contribution in [0.25, 0.3) is 0 Å². The number of methoxy groups -OCH3 is 1. The second-order valence-corrected chi connectivity index (χ2v) is 7.03. The zero-order chi connectivity index (χ0) is 13.7. The van der Waals surface area contributed by atoms with Gasteiger partial charge in [-0.3, -0.25) is 0 Å². The molecule has 4 rings (SSSR count). The van der Waals surface area contributed by atoms with Gasteiger partial charge in [-0.05, 0) is 68.5 Å². The molecule has 116 valence electrons. The fraction of sp³-hybridized carbons (Fsp3) is 0.667. The second kappa shape index (κ2) is 7.03. The average molecular weight is 330 g/mol. The first kappa shape index (κ1) is 18.6. The van der Waals surface area contributed by atoms with Gasteiger partial charge in [0.1, 0.15) is 5.75 Å². The van der Waals surface area contributed by atoms with Gasteiger partial charge in [0.05, 0.1) is 7.11 Å². The van der Waals surface area contributed by atoms with Crippen molar-refractivity contribution in [1.82, 2.24) is 4.90 Å². The van der Waals surface area contributed by atoms with Gasteiger partial charge in [-0.15, -0.1) is 0 Å². The minimum atomic E-state index is 0. The third-order valence-corrected chi connectivity index (χ3v) is 6.32. The smallest absolute Gasteiger partial charge is 1.00 e. The summed E-state index contributed by atoms with van der Waals surface area (Å²) in [5.41, 5.74) is 3.67. The van der Waals surface area contributed by atoms with Gasteiger partial charge in [-0.2, -0.15) is 0 Å². The van der Waals surface area contributed by atoms with Gasteiger partial charge < -0.3 is 22.0 Å². The monoisotopic (exact) mass is 329 g/mol. The zero-order valence-corrected chi connectivity index (χ0v) is 16.8. The van der Waals surface area contributed by atoms with Crippen LogP contribution in [-0.2, 0) is 11.8 Å². The van der Waals surface area contributed by atoms with Crippen LogP contribution in [0.2, 0.25) is 0 Å². The Morgan fingerprint density at radius 1 is 1.23 bits per heavy atom. The molecule has 0 radical (unpaired) electrons. The molecule has 1 aromatic rings. The Morgan fingerprint density at radius 3 is 2.82 bits per heavy atom. The zero-order valence-electron chi connectivity index (χ0n) is 14.1. The molecule has 1 aromatic carbocycles. The average Bonchev–Trinajstić information content (AvgIpc) is 2.50. The van der Waals surface area contributed by atoms with E-state index in [9.17, 15) is 0 Å². The summed E-state index contributed by atoms with van der Waals surface area (Å²) in [5.74, 6) is 1.91. The minimum absolute atomic E-state index is 0. The van der Waals surface area contributed by atoms with Gasteiger partial charge in [0, 0.05) is 11.5 Å². The van der Waals surface area contributed by atoms with Crippen LogP contribution >= 0.6 is 0 Å². The van der Waals surface area contributed by atoms with Crippen molar-refractivity contribution in [3.05, 3.63) is 29.3 Å². The maximum atomic E-state index is 5.51. The van der Waals surface area contributed by atoms with Crippen LogP contribution in [-0.4, -0.2) is 31.6 Å². The number of ether oxygens (including phenoxy) is 1. The first-order valence-corrected chi connectivity index (χ1v) is 8.12. The number of hydrogen-bond acceptors (Lipinski definition) is 2. The molecule has 0 N–H and O–H groups in total. The number of halogens is 1. The molecule has 2 nitrogen and oxygen atoms in total. The van der Waals surface area contributed by atoms with Crippen molar-refractivity contribution in [2.75, 3.05) is 20.7 Å². The molecule has 2 aliphatic carbocycles. The SMILES string of the molecule is COc1ccc2c(c1)[C@]13CCCC[C@@H]1[C@H](C2)N(C)CC3.[Cl-].[Na+]. The summed E-state index contributed by atoms with van der Waals surface area (Å²) in [4.78, 5) is 2.63. The number of nitrogens with zero attached hydrogens (tertiary/aromatic N) is 1. The van der Waals surface area contributed by atoms with Crippen molar-refractivity contribution in [3.8, 4) is 5.75 Å². The number of hydrogen-bond donors (Lipinski definition) is 0. The summed E-state index contributed by atoms with van der Waals surface area (Å²) in [6.07, 6.45) is 8.22. The molecule has 22 heavy (non-hydrogen) atoms. The Morgan fingerprint density at radius 2 is 2.05 bits per heavy atom. The van der Waals surface area contributed by atoms with Crippen molar-refractivity contribution in [1.29, 1.82) is 0 Å². The van der Waals surface area contributed by atoms with Crippen molar-refractivity contribution >= 4 is 0 Å². The maximum absolute atomic E-state index is 5.51. The van der Waals surface area contributed by atoms with Gasteiger partial charge in [0.2, 0.25) is 0 Å². The van der Waals surface area contributed by atoms with Gasteiger partial charge in [-0.25, -0.2) is 0 Å². The molecule has 1 saturated heterocycles. The fourth-order valence-corrected chi connectivity index (χ4v) is 5.30. The minimum Gasteiger partial charge on any atom is -1.00 e. The first-order chi connectivity index (χ1) is 9.74. The van der Waals surface area contributed by atoms with E-state index in [2.05, 4.69) is 30.1 Å². The molecule has 0 unspecified atom stereocenters. The Balaban J connectivity index is 0.000000882. The van der Waals surface area contributed by atoms with E-state index in [-0.39, 0.29) is 42.0 Å². The predicted molar refractivity (Wildman–Crippen MR) is 81.4 cm³/mol. The molecule has 1 saturated carbocycles.